The lowest BCUT2D eigenvalue weighted by molar-refractivity contribution is -0.182. The second kappa shape index (κ2) is 8.67. The molecule has 1 heterocycles. The van der Waals surface area contributed by atoms with Crippen LogP contribution < -0.4 is 4.74 Å². The van der Waals surface area contributed by atoms with Crippen molar-refractivity contribution in [1.82, 2.24) is 4.90 Å². The molecule has 1 saturated heterocycles. The molecule has 0 bridgehead atoms. The summed E-state index contributed by atoms with van der Waals surface area (Å²) in [7, 11) is 1.71. The SMILES string of the molecule is CCOC(=O)[C@@]1(OC(=S)Oc2ccccc2)C[C@H]2c3ccccc3CC[C@H]2N(C)C1=O. The molecule has 6 nitrogen and oxygen atoms in total. The molecule has 0 radical (unpaired) electrons. The van der Waals surface area contributed by atoms with Gasteiger partial charge in [0.05, 0.1) is 6.61 Å². The first-order valence-corrected chi connectivity index (χ1v) is 10.8. The van der Waals surface area contributed by atoms with Crippen molar-refractivity contribution in [3.63, 3.8) is 0 Å². The first-order valence-electron chi connectivity index (χ1n) is 10.4. The molecule has 0 N–H and O–H groups in total. The van der Waals surface area contributed by atoms with Gasteiger partial charge in [0.2, 0.25) is 0 Å². The van der Waals surface area contributed by atoms with E-state index in [9.17, 15) is 9.59 Å². The van der Waals surface area contributed by atoms with Gasteiger partial charge in [-0.3, -0.25) is 4.79 Å². The highest BCUT2D eigenvalue weighted by atomic mass is 32.1. The van der Waals surface area contributed by atoms with E-state index in [0.717, 1.165) is 18.4 Å². The number of likely N-dealkylation sites (N-methyl/N-ethyl adjacent to an activating group) is 1. The number of para-hydroxylation sites is 1. The van der Waals surface area contributed by atoms with Crippen LogP contribution in [0.2, 0.25) is 0 Å². The standard InChI is InChI=1S/C24H25NO5S/c1-3-28-22(27)24(30-23(31)29-17-10-5-4-6-11-17)15-19-18-12-8-7-9-16(18)13-14-20(19)25(2)21(24)26/h4-12,19-20H,3,13-15H2,1-2H3/t19-,20+,24+/m0/s1. The largest absolute Gasteiger partial charge is 0.463 e. The van der Waals surface area contributed by atoms with Crippen LogP contribution in [-0.4, -0.2) is 47.3 Å². The maximum absolute atomic E-state index is 13.5. The third kappa shape index (κ3) is 3.90. The Labute approximate surface area is 187 Å². The number of carbonyl (C=O) groups excluding carboxylic acids is 2. The molecule has 1 aliphatic heterocycles. The third-order valence-corrected chi connectivity index (χ3v) is 6.27. The molecule has 3 atom stereocenters. The highest BCUT2D eigenvalue weighted by Crippen LogP contribution is 2.45. The molecule has 0 unspecified atom stereocenters. The predicted octanol–water partition coefficient (Wildman–Crippen LogP) is 3.63. The summed E-state index contributed by atoms with van der Waals surface area (Å²) in [6.07, 6.45) is 1.86. The molecule has 1 aliphatic carbocycles. The number of hydrogen-bond donors (Lipinski definition) is 0. The van der Waals surface area contributed by atoms with E-state index in [0.29, 0.717) is 5.75 Å². The van der Waals surface area contributed by atoms with E-state index in [-0.39, 0.29) is 30.2 Å². The molecule has 4 rings (SSSR count). The highest BCUT2D eigenvalue weighted by molar-refractivity contribution is 7.79. The summed E-state index contributed by atoms with van der Waals surface area (Å²) in [6, 6.07) is 17.0. The summed E-state index contributed by atoms with van der Waals surface area (Å²) in [5.74, 6) is -0.807. The average Bonchev–Trinajstić information content (AvgIpc) is 2.78. The number of piperidine rings is 1. The van der Waals surface area contributed by atoms with Gasteiger partial charge < -0.3 is 19.1 Å². The van der Waals surface area contributed by atoms with Gasteiger partial charge in [0, 0.05) is 37.6 Å². The Bertz CT molecular complexity index is 994. The number of fused-ring (bicyclic) bond motifs is 3. The molecule has 1 amide bonds. The summed E-state index contributed by atoms with van der Waals surface area (Å²) in [6.45, 7) is 1.82. The number of rotatable bonds is 4. The number of esters is 1. The molecule has 162 valence electrons. The molecule has 0 saturated carbocycles. The minimum Gasteiger partial charge on any atom is -0.463 e. The Morgan fingerprint density at radius 1 is 1.16 bits per heavy atom. The van der Waals surface area contributed by atoms with E-state index < -0.39 is 17.5 Å². The van der Waals surface area contributed by atoms with Crippen molar-refractivity contribution in [3.05, 3.63) is 65.7 Å². The Kier molecular flexibility index (Phi) is 5.96. The number of nitrogens with zero attached hydrogens (tertiary/aromatic N) is 1. The molecule has 31 heavy (non-hydrogen) atoms. The Morgan fingerprint density at radius 2 is 1.87 bits per heavy atom. The maximum atomic E-state index is 13.5. The normalized spacial score (nSPS) is 24.6. The van der Waals surface area contributed by atoms with Gasteiger partial charge in [-0.05, 0) is 43.0 Å². The lowest BCUT2D eigenvalue weighted by atomic mass is 9.70. The summed E-state index contributed by atoms with van der Waals surface area (Å²) < 4.78 is 16.8. The van der Waals surface area contributed by atoms with Crippen LogP contribution >= 0.6 is 12.2 Å². The summed E-state index contributed by atoms with van der Waals surface area (Å²) in [5.41, 5.74) is 0.472. The topological polar surface area (TPSA) is 65.1 Å². The molecule has 2 aliphatic rings. The van der Waals surface area contributed by atoms with Crippen LogP contribution in [0.5, 0.6) is 5.75 Å². The van der Waals surface area contributed by atoms with Gasteiger partial charge in [-0.1, -0.05) is 42.5 Å². The first-order chi connectivity index (χ1) is 15.0. The molecule has 2 aromatic carbocycles. The van der Waals surface area contributed by atoms with Crippen LogP contribution in [0.15, 0.2) is 54.6 Å². The number of carbonyl (C=O) groups is 2. The fraction of sp³-hybridized carbons (Fsp3) is 0.375. The van der Waals surface area contributed by atoms with Crippen molar-refractivity contribution in [3.8, 4) is 5.75 Å². The van der Waals surface area contributed by atoms with Crippen molar-refractivity contribution in [2.75, 3.05) is 13.7 Å². The molecule has 2 aromatic rings. The number of thiocarbonyl (C=S) groups is 1. The summed E-state index contributed by atoms with van der Waals surface area (Å²) >= 11 is 5.29. The van der Waals surface area contributed by atoms with E-state index in [1.807, 2.05) is 18.2 Å². The Balaban J connectivity index is 1.69. The smallest absolute Gasteiger partial charge is 0.360 e. The number of benzene rings is 2. The molecule has 0 aromatic heterocycles. The number of amides is 1. The number of ether oxygens (including phenoxy) is 3. The zero-order valence-corrected chi connectivity index (χ0v) is 18.4. The third-order valence-electron chi connectivity index (χ3n) is 6.11. The van der Waals surface area contributed by atoms with Crippen LogP contribution in [0.1, 0.15) is 36.8 Å². The van der Waals surface area contributed by atoms with Gasteiger partial charge in [0.1, 0.15) is 5.75 Å². The van der Waals surface area contributed by atoms with Gasteiger partial charge in [-0.25, -0.2) is 4.79 Å². The minimum absolute atomic E-state index is 0.0165. The predicted molar refractivity (Wildman–Crippen MR) is 119 cm³/mol. The van der Waals surface area contributed by atoms with Gasteiger partial charge >= 0.3 is 11.2 Å². The summed E-state index contributed by atoms with van der Waals surface area (Å²) in [4.78, 5) is 28.3. The molecular weight excluding hydrogens is 414 g/mol. The van der Waals surface area contributed by atoms with E-state index in [1.165, 1.54) is 5.56 Å². The van der Waals surface area contributed by atoms with E-state index in [1.54, 1.807) is 43.1 Å². The van der Waals surface area contributed by atoms with Crippen LogP contribution in [0.3, 0.4) is 0 Å². The monoisotopic (exact) mass is 439 g/mol. The first kappa shape index (κ1) is 21.3. The van der Waals surface area contributed by atoms with Crippen molar-refractivity contribution in [2.45, 2.75) is 43.7 Å². The van der Waals surface area contributed by atoms with Crippen LogP contribution in [0.25, 0.3) is 0 Å². The maximum Gasteiger partial charge on any atom is 0.360 e. The van der Waals surface area contributed by atoms with Crippen molar-refractivity contribution in [2.24, 2.45) is 0 Å². The van der Waals surface area contributed by atoms with Gasteiger partial charge in [-0.2, -0.15) is 0 Å². The molecule has 1 fully saturated rings. The molecule has 7 heteroatoms. The number of hydrogen-bond acceptors (Lipinski definition) is 6. The Hall–Kier alpha value is -2.93. The quantitative estimate of drug-likeness (QED) is 0.412. The van der Waals surface area contributed by atoms with E-state index >= 15 is 0 Å². The molecule has 0 spiro atoms. The Morgan fingerprint density at radius 3 is 2.61 bits per heavy atom. The van der Waals surface area contributed by atoms with Crippen molar-refractivity contribution < 1.29 is 23.8 Å². The molecular formula is C24H25NO5S. The van der Waals surface area contributed by atoms with Crippen LogP contribution in [0, 0.1) is 0 Å². The fourth-order valence-corrected chi connectivity index (χ4v) is 4.91. The number of aryl methyl sites for hydroxylation is 1. The van der Waals surface area contributed by atoms with E-state index in [4.69, 9.17) is 26.4 Å². The van der Waals surface area contributed by atoms with Crippen molar-refractivity contribution in [1.29, 1.82) is 0 Å². The van der Waals surface area contributed by atoms with Crippen LogP contribution in [0.4, 0.5) is 0 Å². The van der Waals surface area contributed by atoms with Crippen LogP contribution in [-0.2, 0) is 25.5 Å². The zero-order valence-electron chi connectivity index (χ0n) is 17.6. The average molecular weight is 440 g/mol. The van der Waals surface area contributed by atoms with E-state index in [2.05, 4.69) is 12.1 Å². The highest BCUT2D eigenvalue weighted by Gasteiger charge is 2.60. The number of likely N-dealkylation sites (tertiary alicyclic amines) is 1. The zero-order chi connectivity index (χ0) is 22.0. The summed E-state index contributed by atoms with van der Waals surface area (Å²) in [5, 5.41) is -0.288. The second-order valence-electron chi connectivity index (χ2n) is 7.85. The van der Waals surface area contributed by atoms with Gasteiger partial charge in [0.25, 0.3) is 11.5 Å². The second-order valence-corrected chi connectivity index (χ2v) is 8.18. The fourth-order valence-electron chi connectivity index (χ4n) is 4.67. The van der Waals surface area contributed by atoms with Crippen molar-refractivity contribution >= 4 is 29.3 Å². The lowest BCUT2D eigenvalue weighted by Crippen LogP contribution is -2.65. The van der Waals surface area contributed by atoms with Gasteiger partial charge in [-0.15, -0.1) is 0 Å². The van der Waals surface area contributed by atoms with Gasteiger partial charge in [0.15, 0.2) is 0 Å². The lowest BCUT2D eigenvalue weighted by Gasteiger charge is -2.49. The minimum atomic E-state index is -1.89.